The number of aromatic nitrogens is 1. The van der Waals surface area contributed by atoms with Gasteiger partial charge in [0, 0.05) is 12.7 Å². The number of nitrogens with zero attached hydrogens (tertiary/aromatic N) is 1. The summed E-state index contributed by atoms with van der Waals surface area (Å²) >= 11 is 0. The van der Waals surface area contributed by atoms with Gasteiger partial charge in [0.15, 0.2) is 0 Å². The van der Waals surface area contributed by atoms with E-state index in [0.717, 1.165) is 37.2 Å². The zero-order valence-corrected chi connectivity index (χ0v) is 14.3. The largest absolute Gasteiger partial charge is 0.497 e. The van der Waals surface area contributed by atoms with Gasteiger partial charge in [0.2, 0.25) is 0 Å². The third-order valence-electron chi connectivity index (χ3n) is 4.58. The zero-order valence-electron chi connectivity index (χ0n) is 14.3. The van der Waals surface area contributed by atoms with Crippen LogP contribution in [-0.2, 0) is 0 Å². The lowest BCUT2D eigenvalue weighted by Crippen LogP contribution is -2.38. The lowest BCUT2D eigenvalue weighted by molar-refractivity contribution is 0.0936. The van der Waals surface area contributed by atoms with E-state index in [4.69, 9.17) is 4.74 Å². The number of aromatic amines is 1. The van der Waals surface area contributed by atoms with Crippen molar-refractivity contribution in [3.63, 3.8) is 0 Å². The molecule has 0 saturated carbocycles. The van der Waals surface area contributed by atoms with E-state index >= 15 is 0 Å². The maximum absolute atomic E-state index is 12.4. The van der Waals surface area contributed by atoms with Crippen LogP contribution in [0.3, 0.4) is 0 Å². The summed E-state index contributed by atoms with van der Waals surface area (Å²) in [6, 6.07) is 11.2. The third kappa shape index (κ3) is 4.09. The van der Waals surface area contributed by atoms with E-state index in [-0.39, 0.29) is 23.1 Å². The molecule has 0 spiro atoms. The van der Waals surface area contributed by atoms with Gasteiger partial charge >= 0.3 is 0 Å². The molecule has 1 aromatic heterocycles. The van der Waals surface area contributed by atoms with Gasteiger partial charge in [-0.3, -0.25) is 14.5 Å². The van der Waals surface area contributed by atoms with E-state index in [9.17, 15) is 9.59 Å². The van der Waals surface area contributed by atoms with Crippen molar-refractivity contribution < 1.29 is 9.53 Å². The van der Waals surface area contributed by atoms with E-state index in [0.29, 0.717) is 6.54 Å². The fourth-order valence-electron chi connectivity index (χ4n) is 3.24. The standard InChI is InChI=1S/C19H23N3O3/c1-25-15-7-4-6-14(12-15)17(22-10-2-3-11-22)13-21-19(24)16-8-5-9-20-18(16)23/h4-9,12,17H,2-3,10-11,13H2,1H3,(H,20,23)(H,21,24). The molecule has 1 unspecified atom stereocenters. The number of benzene rings is 1. The summed E-state index contributed by atoms with van der Waals surface area (Å²) in [5.41, 5.74) is 0.857. The quantitative estimate of drug-likeness (QED) is 0.842. The van der Waals surface area contributed by atoms with Crippen molar-refractivity contribution in [2.75, 3.05) is 26.7 Å². The van der Waals surface area contributed by atoms with E-state index < -0.39 is 0 Å². The van der Waals surface area contributed by atoms with Gasteiger partial charge in [-0.25, -0.2) is 0 Å². The first kappa shape index (κ1) is 17.2. The van der Waals surface area contributed by atoms with Crippen molar-refractivity contribution in [3.8, 4) is 5.75 Å². The van der Waals surface area contributed by atoms with Gasteiger partial charge in [0.1, 0.15) is 11.3 Å². The van der Waals surface area contributed by atoms with Gasteiger partial charge in [0.05, 0.1) is 13.2 Å². The monoisotopic (exact) mass is 341 g/mol. The number of nitrogens with one attached hydrogen (secondary N) is 2. The van der Waals surface area contributed by atoms with Crippen LogP contribution in [0.15, 0.2) is 47.4 Å². The Morgan fingerprint density at radius 1 is 1.28 bits per heavy atom. The number of hydrogen-bond acceptors (Lipinski definition) is 4. The van der Waals surface area contributed by atoms with Crippen molar-refractivity contribution >= 4 is 5.91 Å². The predicted molar refractivity (Wildman–Crippen MR) is 95.9 cm³/mol. The molecular formula is C19H23N3O3. The van der Waals surface area contributed by atoms with Crippen LogP contribution in [0.1, 0.15) is 34.8 Å². The Kier molecular flexibility index (Phi) is 5.50. The highest BCUT2D eigenvalue weighted by molar-refractivity contribution is 5.93. The molecule has 0 radical (unpaired) electrons. The third-order valence-corrected chi connectivity index (χ3v) is 4.58. The number of ether oxygens (including phenoxy) is 1. The first-order chi connectivity index (χ1) is 12.2. The molecular weight excluding hydrogens is 318 g/mol. The number of H-pyrrole nitrogens is 1. The van der Waals surface area contributed by atoms with Crippen molar-refractivity contribution in [2.24, 2.45) is 0 Å². The highest BCUT2D eigenvalue weighted by Gasteiger charge is 2.24. The molecule has 2 heterocycles. The number of rotatable bonds is 6. The molecule has 1 aliphatic heterocycles. The fraction of sp³-hybridized carbons (Fsp3) is 0.368. The van der Waals surface area contributed by atoms with Crippen LogP contribution in [0.2, 0.25) is 0 Å². The van der Waals surface area contributed by atoms with Gasteiger partial charge in [-0.05, 0) is 55.8 Å². The molecule has 2 aromatic rings. The lowest BCUT2D eigenvalue weighted by atomic mass is 10.0. The number of pyridine rings is 1. The first-order valence-corrected chi connectivity index (χ1v) is 8.53. The van der Waals surface area contributed by atoms with Crippen LogP contribution in [0.5, 0.6) is 5.75 Å². The van der Waals surface area contributed by atoms with Crippen LogP contribution >= 0.6 is 0 Å². The summed E-state index contributed by atoms with van der Waals surface area (Å²) in [6.07, 6.45) is 3.84. The van der Waals surface area contributed by atoms with Crippen molar-refractivity contribution in [3.05, 3.63) is 64.1 Å². The van der Waals surface area contributed by atoms with Crippen LogP contribution in [-0.4, -0.2) is 42.5 Å². The van der Waals surface area contributed by atoms with E-state index in [1.165, 1.54) is 12.3 Å². The summed E-state index contributed by atoms with van der Waals surface area (Å²) in [7, 11) is 1.65. The predicted octanol–water partition coefficient (Wildman–Crippen LogP) is 1.95. The zero-order chi connectivity index (χ0) is 17.6. The average Bonchev–Trinajstić information content (AvgIpc) is 3.16. The van der Waals surface area contributed by atoms with Gasteiger partial charge in [-0.15, -0.1) is 0 Å². The summed E-state index contributed by atoms with van der Waals surface area (Å²) in [4.78, 5) is 29.0. The van der Waals surface area contributed by atoms with Gasteiger partial charge in [0.25, 0.3) is 11.5 Å². The van der Waals surface area contributed by atoms with E-state index in [1.54, 1.807) is 13.2 Å². The van der Waals surface area contributed by atoms with Crippen LogP contribution in [0.25, 0.3) is 0 Å². The normalized spacial score (nSPS) is 15.7. The van der Waals surface area contributed by atoms with Crippen molar-refractivity contribution in [1.29, 1.82) is 0 Å². The minimum Gasteiger partial charge on any atom is -0.497 e. The highest BCUT2D eigenvalue weighted by Crippen LogP contribution is 2.27. The fourth-order valence-corrected chi connectivity index (χ4v) is 3.24. The molecule has 6 nitrogen and oxygen atoms in total. The van der Waals surface area contributed by atoms with Gasteiger partial charge < -0.3 is 15.0 Å². The van der Waals surface area contributed by atoms with Gasteiger partial charge in [-0.2, -0.15) is 0 Å². The SMILES string of the molecule is COc1cccc(C(CNC(=O)c2ccc[nH]c2=O)N2CCCC2)c1. The molecule has 0 aliphatic carbocycles. The molecule has 1 aliphatic rings. The molecule has 0 bridgehead atoms. The topological polar surface area (TPSA) is 74.4 Å². The Hall–Kier alpha value is -2.60. The molecule has 132 valence electrons. The average molecular weight is 341 g/mol. The molecule has 3 rings (SSSR count). The van der Waals surface area contributed by atoms with E-state index in [2.05, 4.69) is 15.2 Å². The van der Waals surface area contributed by atoms with Crippen molar-refractivity contribution in [2.45, 2.75) is 18.9 Å². The molecule has 1 saturated heterocycles. The van der Waals surface area contributed by atoms with E-state index in [1.807, 2.05) is 24.3 Å². The number of carbonyl (C=O) groups is 1. The number of carbonyl (C=O) groups excluding carboxylic acids is 1. The lowest BCUT2D eigenvalue weighted by Gasteiger charge is -2.28. The maximum atomic E-state index is 12.4. The molecule has 1 fully saturated rings. The number of likely N-dealkylation sites (tertiary alicyclic amines) is 1. The number of amides is 1. The molecule has 1 aromatic carbocycles. The molecule has 1 atom stereocenters. The molecule has 2 N–H and O–H groups in total. The summed E-state index contributed by atoms with van der Waals surface area (Å²) in [5.74, 6) is 0.446. The second-order valence-corrected chi connectivity index (χ2v) is 6.16. The Bertz CT molecular complexity index is 781. The molecule has 25 heavy (non-hydrogen) atoms. The number of methoxy groups -OCH3 is 1. The van der Waals surface area contributed by atoms with Crippen LogP contribution in [0, 0.1) is 0 Å². The second-order valence-electron chi connectivity index (χ2n) is 6.16. The van der Waals surface area contributed by atoms with Gasteiger partial charge in [-0.1, -0.05) is 12.1 Å². The highest BCUT2D eigenvalue weighted by atomic mass is 16.5. The number of hydrogen-bond donors (Lipinski definition) is 2. The Morgan fingerprint density at radius 2 is 2.08 bits per heavy atom. The summed E-state index contributed by atoms with van der Waals surface area (Å²) in [6.45, 7) is 2.45. The Morgan fingerprint density at radius 3 is 2.80 bits per heavy atom. The van der Waals surface area contributed by atoms with Crippen LogP contribution < -0.4 is 15.6 Å². The summed E-state index contributed by atoms with van der Waals surface area (Å²) < 4.78 is 5.33. The van der Waals surface area contributed by atoms with Crippen LogP contribution in [0.4, 0.5) is 0 Å². The minimum atomic E-state index is -0.376. The Balaban J connectivity index is 1.77. The van der Waals surface area contributed by atoms with Crippen molar-refractivity contribution in [1.82, 2.24) is 15.2 Å². The smallest absolute Gasteiger partial charge is 0.260 e. The maximum Gasteiger partial charge on any atom is 0.260 e. The first-order valence-electron chi connectivity index (χ1n) is 8.53. The Labute approximate surface area is 146 Å². The molecule has 1 amide bonds. The molecule has 6 heteroatoms. The summed E-state index contributed by atoms with van der Waals surface area (Å²) in [5, 5.41) is 2.91. The minimum absolute atomic E-state index is 0.0596. The second kappa shape index (κ2) is 7.98.